The highest BCUT2D eigenvalue weighted by Gasteiger charge is 2.37. The van der Waals surface area contributed by atoms with Crippen LogP contribution < -0.4 is 10.2 Å². The minimum atomic E-state index is -0.786. The van der Waals surface area contributed by atoms with E-state index in [1.54, 1.807) is 24.3 Å². The first-order valence-electron chi connectivity index (χ1n) is 10.3. The van der Waals surface area contributed by atoms with E-state index in [1.165, 1.54) is 18.2 Å². The van der Waals surface area contributed by atoms with Crippen molar-refractivity contribution in [1.82, 2.24) is 9.88 Å². The zero-order valence-electron chi connectivity index (χ0n) is 18.0. The number of amides is 4. The van der Waals surface area contributed by atoms with Crippen LogP contribution in [-0.2, 0) is 16.0 Å². The largest absolute Gasteiger partial charge is 0.335 e. The van der Waals surface area contributed by atoms with Gasteiger partial charge in [-0.15, -0.1) is 0 Å². The van der Waals surface area contributed by atoms with Crippen LogP contribution in [0.1, 0.15) is 29.4 Å². The Morgan fingerprint density at radius 3 is 2.34 bits per heavy atom. The molecular formula is C25H22FN3O3. The van der Waals surface area contributed by atoms with Crippen LogP contribution in [0.2, 0.25) is 0 Å². The van der Waals surface area contributed by atoms with Crippen molar-refractivity contribution in [2.24, 2.45) is 0 Å². The maximum atomic E-state index is 13.7. The Balaban J connectivity index is 1.74. The molecule has 0 saturated carbocycles. The molecule has 0 radical (unpaired) electrons. The van der Waals surface area contributed by atoms with Crippen LogP contribution in [0.25, 0.3) is 11.8 Å². The summed E-state index contributed by atoms with van der Waals surface area (Å²) in [7, 11) is 0. The first kappa shape index (κ1) is 21.2. The second-order valence-electron chi connectivity index (χ2n) is 7.62. The zero-order chi connectivity index (χ0) is 23.0. The van der Waals surface area contributed by atoms with Gasteiger partial charge in [-0.1, -0.05) is 25.1 Å². The van der Waals surface area contributed by atoms with E-state index in [0.29, 0.717) is 16.9 Å². The van der Waals surface area contributed by atoms with E-state index >= 15 is 0 Å². The monoisotopic (exact) mass is 431 g/mol. The molecule has 2 aromatic carbocycles. The Bertz CT molecular complexity index is 1270. The molecule has 0 spiro atoms. The minimum absolute atomic E-state index is 0.149. The molecule has 1 saturated heterocycles. The van der Waals surface area contributed by atoms with Crippen molar-refractivity contribution in [2.75, 3.05) is 4.90 Å². The number of rotatable bonds is 4. The molecule has 0 unspecified atom stereocenters. The fourth-order valence-corrected chi connectivity index (χ4v) is 3.87. The maximum Gasteiger partial charge on any atom is 0.335 e. The quantitative estimate of drug-likeness (QED) is 0.490. The van der Waals surface area contributed by atoms with Crippen molar-refractivity contribution in [3.05, 3.63) is 88.5 Å². The van der Waals surface area contributed by atoms with E-state index in [-0.39, 0.29) is 11.4 Å². The Morgan fingerprint density at radius 2 is 1.69 bits per heavy atom. The number of carbonyl (C=O) groups excluding carboxylic acids is 3. The van der Waals surface area contributed by atoms with Crippen molar-refractivity contribution >= 4 is 29.6 Å². The Morgan fingerprint density at radius 1 is 0.969 bits per heavy atom. The number of imide groups is 2. The lowest BCUT2D eigenvalue weighted by molar-refractivity contribution is -0.122. The number of urea groups is 1. The van der Waals surface area contributed by atoms with Crippen molar-refractivity contribution in [3.63, 3.8) is 0 Å². The summed E-state index contributed by atoms with van der Waals surface area (Å²) in [5.74, 6) is -1.81. The lowest BCUT2D eigenvalue weighted by atomic mass is 10.1. The fraction of sp³-hybridized carbons (Fsp3) is 0.160. The van der Waals surface area contributed by atoms with Crippen molar-refractivity contribution < 1.29 is 18.8 Å². The molecule has 162 valence electrons. The van der Waals surface area contributed by atoms with E-state index < -0.39 is 17.8 Å². The van der Waals surface area contributed by atoms with E-state index in [9.17, 15) is 18.8 Å². The Labute approximate surface area is 185 Å². The van der Waals surface area contributed by atoms with Gasteiger partial charge < -0.3 is 4.57 Å². The number of nitrogens with one attached hydrogen (secondary N) is 1. The van der Waals surface area contributed by atoms with Crippen LogP contribution >= 0.6 is 0 Å². The van der Waals surface area contributed by atoms with Gasteiger partial charge in [-0.25, -0.2) is 14.1 Å². The molecule has 1 aliphatic rings. The SMILES string of the molecule is CCc1ccc(N2C(=O)NC(=O)/C(=C/c3cc(C)n(-c4cccc(F)c4)c3C)C2=O)cc1. The van der Waals surface area contributed by atoms with Gasteiger partial charge in [0.2, 0.25) is 0 Å². The van der Waals surface area contributed by atoms with E-state index in [0.717, 1.165) is 28.3 Å². The smallest absolute Gasteiger partial charge is 0.318 e. The molecule has 1 aliphatic heterocycles. The number of hydrogen-bond donors (Lipinski definition) is 1. The lowest BCUT2D eigenvalue weighted by Crippen LogP contribution is -2.54. The molecule has 3 aromatic rings. The summed E-state index contributed by atoms with van der Waals surface area (Å²) in [6, 6.07) is 14.2. The van der Waals surface area contributed by atoms with Crippen molar-refractivity contribution in [2.45, 2.75) is 27.2 Å². The van der Waals surface area contributed by atoms with Gasteiger partial charge in [0, 0.05) is 17.1 Å². The molecule has 1 fully saturated rings. The van der Waals surface area contributed by atoms with E-state index in [1.807, 2.05) is 43.5 Å². The third kappa shape index (κ3) is 3.73. The van der Waals surface area contributed by atoms with Gasteiger partial charge in [0.1, 0.15) is 11.4 Å². The van der Waals surface area contributed by atoms with Crippen LogP contribution in [0.5, 0.6) is 0 Å². The van der Waals surface area contributed by atoms with Crippen LogP contribution in [0, 0.1) is 19.7 Å². The molecule has 1 aromatic heterocycles. The predicted molar refractivity (Wildman–Crippen MR) is 120 cm³/mol. The van der Waals surface area contributed by atoms with Crippen LogP contribution in [0.4, 0.5) is 14.9 Å². The molecule has 1 N–H and O–H groups in total. The number of barbiturate groups is 1. The van der Waals surface area contributed by atoms with Crippen LogP contribution in [-0.4, -0.2) is 22.4 Å². The second kappa shape index (κ2) is 8.26. The third-order valence-electron chi connectivity index (χ3n) is 5.54. The highest BCUT2D eigenvalue weighted by molar-refractivity contribution is 6.39. The standard InChI is InChI=1S/C25H22FN3O3/c1-4-17-8-10-20(11-9-17)29-24(31)22(23(30)27-25(29)32)13-18-12-15(2)28(16(18)3)21-7-5-6-19(26)14-21/h5-14H,4H2,1-3H3,(H,27,30,32)/b22-13-. The summed E-state index contributed by atoms with van der Waals surface area (Å²) in [5, 5.41) is 2.24. The minimum Gasteiger partial charge on any atom is -0.318 e. The van der Waals surface area contributed by atoms with Gasteiger partial charge in [-0.3, -0.25) is 14.9 Å². The number of nitrogens with zero attached hydrogens (tertiary/aromatic N) is 2. The molecule has 0 bridgehead atoms. The number of aromatic nitrogens is 1. The number of carbonyl (C=O) groups is 3. The molecule has 6 nitrogen and oxygen atoms in total. The second-order valence-corrected chi connectivity index (χ2v) is 7.62. The van der Waals surface area contributed by atoms with Gasteiger partial charge >= 0.3 is 6.03 Å². The highest BCUT2D eigenvalue weighted by Crippen LogP contribution is 2.26. The summed E-state index contributed by atoms with van der Waals surface area (Å²) in [4.78, 5) is 39.0. The third-order valence-corrected chi connectivity index (χ3v) is 5.54. The average Bonchev–Trinajstić information content (AvgIpc) is 3.04. The molecule has 2 heterocycles. The van der Waals surface area contributed by atoms with E-state index in [2.05, 4.69) is 5.32 Å². The highest BCUT2D eigenvalue weighted by atomic mass is 19.1. The lowest BCUT2D eigenvalue weighted by Gasteiger charge is -2.26. The Kier molecular flexibility index (Phi) is 5.48. The summed E-state index contributed by atoms with van der Waals surface area (Å²) < 4.78 is 15.6. The van der Waals surface area contributed by atoms with Gasteiger partial charge in [-0.2, -0.15) is 0 Å². The van der Waals surface area contributed by atoms with Crippen molar-refractivity contribution in [1.29, 1.82) is 0 Å². The van der Waals surface area contributed by atoms with Gasteiger partial charge in [0.05, 0.1) is 5.69 Å². The van der Waals surface area contributed by atoms with Gasteiger partial charge in [0.25, 0.3) is 11.8 Å². The van der Waals surface area contributed by atoms with E-state index in [4.69, 9.17) is 0 Å². The Hall–Kier alpha value is -4.00. The summed E-state index contributed by atoms with van der Waals surface area (Å²) >= 11 is 0. The first-order valence-corrected chi connectivity index (χ1v) is 10.3. The number of hydrogen-bond acceptors (Lipinski definition) is 3. The maximum absolute atomic E-state index is 13.7. The zero-order valence-corrected chi connectivity index (χ0v) is 18.0. The van der Waals surface area contributed by atoms with Gasteiger partial charge in [-0.05, 0) is 73.9 Å². The molecule has 4 amide bonds. The average molecular weight is 431 g/mol. The number of benzene rings is 2. The predicted octanol–water partition coefficient (Wildman–Crippen LogP) is 4.46. The normalized spacial score (nSPS) is 15.4. The number of aryl methyl sites for hydroxylation is 2. The molecule has 4 rings (SSSR count). The molecule has 0 atom stereocenters. The molecular weight excluding hydrogens is 409 g/mol. The number of halogens is 1. The van der Waals surface area contributed by atoms with Crippen molar-refractivity contribution in [3.8, 4) is 5.69 Å². The summed E-state index contributed by atoms with van der Waals surface area (Å²) in [5.41, 5.74) is 4.11. The topological polar surface area (TPSA) is 71.4 Å². The van der Waals surface area contributed by atoms with Gasteiger partial charge in [0.15, 0.2) is 0 Å². The van der Waals surface area contributed by atoms with Crippen LogP contribution in [0.3, 0.4) is 0 Å². The molecule has 7 heteroatoms. The number of anilines is 1. The van der Waals surface area contributed by atoms with Crippen LogP contribution in [0.15, 0.2) is 60.2 Å². The fourth-order valence-electron chi connectivity index (χ4n) is 3.87. The molecule has 32 heavy (non-hydrogen) atoms. The first-order chi connectivity index (χ1) is 15.3. The summed E-state index contributed by atoms with van der Waals surface area (Å²) in [6.45, 7) is 5.68. The molecule has 0 aliphatic carbocycles. The summed E-state index contributed by atoms with van der Waals surface area (Å²) in [6.07, 6.45) is 2.29.